The van der Waals surface area contributed by atoms with Crippen LogP contribution in [0.2, 0.25) is 5.02 Å². The number of nitrogens with one attached hydrogen (secondary N) is 3. The topological polar surface area (TPSA) is 108 Å². The summed E-state index contributed by atoms with van der Waals surface area (Å²) >= 11 is 6.39. The number of halogens is 1. The first kappa shape index (κ1) is 22.0. The molecule has 4 rings (SSSR count). The van der Waals surface area contributed by atoms with Crippen molar-refractivity contribution in [1.82, 2.24) is 15.3 Å². The van der Waals surface area contributed by atoms with Crippen molar-refractivity contribution in [3.05, 3.63) is 35.5 Å². The number of carbonyl (C=O) groups excluding carboxylic acids is 1. The zero-order chi connectivity index (χ0) is 21.6. The molecule has 2 aromatic heterocycles. The molecule has 4 heterocycles. The van der Waals surface area contributed by atoms with Crippen molar-refractivity contribution in [2.75, 3.05) is 43.5 Å². The number of hydrogen-bond donors (Lipinski definition) is 4. The first-order chi connectivity index (χ1) is 15.1. The lowest BCUT2D eigenvalue weighted by Gasteiger charge is -2.25. The van der Waals surface area contributed by atoms with Gasteiger partial charge in [0.05, 0.1) is 22.7 Å². The molecule has 2 aliphatic rings. The Morgan fingerprint density at radius 1 is 1.26 bits per heavy atom. The molecule has 4 N–H and O–H groups in total. The van der Waals surface area contributed by atoms with Crippen molar-refractivity contribution >= 4 is 29.1 Å². The number of pyridine rings is 2. The van der Waals surface area contributed by atoms with Gasteiger partial charge in [-0.3, -0.25) is 4.79 Å². The van der Waals surface area contributed by atoms with Crippen LogP contribution in [0.15, 0.2) is 30.5 Å². The summed E-state index contributed by atoms with van der Waals surface area (Å²) in [6.07, 6.45) is 3.55. The van der Waals surface area contributed by atoms with Gasteiger partial charge in [-0.25, -0.2) is 9.97 Å². The summed E-state index contributed by atoms with van der Waals surface area (Å²) < 4.78 is 5.41. The van der Waals surface area contributed by atoms with E-state index in [-0.39, 0.29) is 11.8 Å². The van der Waals surface area contributed by atoms with Crippen LogP contribution in [0, 0.1) is 11.8 Å². The number of aliphatic hydroxyl groups is 1. The molecule has 2 unspecified atom stereocenters. The summed E-state index contributed by atoms with van der Waals surface area (Å²) in [5.74, 6) is 1.29. The minimum absolute atomic E-state index is 0.174. The monoisotopic (exact) mass is 445 g/mol. The van der Waals surface area contributed by atoms with Crippen molar-refractivity contribution in [3.8, 4) is 11.3 Å². The molecule has 0 aromatic carbocycles. The minimum Gasteiger partial charge on any atom is -0.392 e. The molecular formula is C22H28ClN5O3. The predicted octanol–water partition coefficient (Wildman–Crippen LogP) is 2.54. The number of aromatic nitrogens is 2. The molecule has 2 aliphatic heterocycles. The van der Waals surface area contributed by atoms with E-state index in [9.17, 15) is 9.90 Å². The lowest BCUT2D eigenvalue weighted by molar-refractivity contribution is -0.121. The largest absolute Gasteiger partial charge is 0.392 e. The maximum Gasteiger partial charge on any atom is 0.230 e. The van der Waals surface area contributed by atoms with Gasteiger partial charge >= 0.3 is 0 Å². The Kier molecular flexibility index (Phi) is 7.34. The van der Waals surface area contributed by atoms with Crippen molar-refractivity contribution in [2.45, 2.75) is 25.4 Å². The summed E-state index contributed by atoms with van der Waals surface area (Å²) in [6.45, 7) is 3.53. The Morgan fingerprint density at radius 2 is 2.10 bits per heavy atom. The van der Waals surface area contributed by atoms with Crippen molar-refractivity contribution in [1.29, 1.82) is 0 Å². The van der Waals surface area contributed by atoms with E-state index in [2.05, 4.69) is 20.9 Å². The second kappa shape index (κ2) is 10.4. The van der Waals surface area contributed by atoms with Gasteiger partial charge in [0.1, 0.15) is 11.6 Å². The van der Waals surface area contributed by atoms with Crippen LogP contribution in [-0.4, -0.2) is 59.9 Å². The van der Waals surface area contributed by atoms with Crippen molar-refractivity contribution in [2.24, 2.45) is 11.8 Å². The zero-order valence-electron chi connectivity index (χ0n) is 17.3. The third-order valence-electron chi connectivity index (χ3n) is 5.74. The van der Waals surface area contributed by atoms with Crippen LogP contribution in [0.5, 0.6) is 0 Å². The molecule has 166 valence electrons. The van der Waals surface area contributed by atoms with Crippen molar-refractivity contribution < 1.29 is 14.6 Å². The molecule has 0 radical (unpaired) electrons. The van der Waals surface area contributed by atoms with Crippen LogP contribution in [0.4, 0.5) is 11.6 Å². The molecule has 31 heavy (non-hydrogen) atoms. The van der Waals surface area contributed by atoms with E-state index in [1.165, 1.54) is 6.20 Å². The summed E-state index contributed by atoms with van der Waals surface area (Å²) in [5, 5.41) is 19.6. The Labute approximate surface area is 186 Å². The van der Waals surface area contributed by atoms with E-state index in [0.717, 1.165) is 38.4 Å². The molecule has 2 atom stereocenters. The third kappa shape index (κ3) is 5.92. The summed E-state index contributed by atoms with van der Waals surface area (Å²) in [7, 11) is 0. The molecule has 0 bridgehead atoms. The molecule has 2 aromatic rings. The van der Waals surface area contributed by atoms with Gasteiger partial charge in [0.15, 0.2) is 0 Å². The van der Waals surface area contributed by atoms with Gasteiger partial charge in [-0.2, -0.15) is 0 Å². The average Bonchev–Trinajstić information content (AvgIpc) is 2.80. The normalized spacial score (nSPS) is 22.1. The highest BCUT2D eigenvalue weighted by Gasteiger charge is 2.26. The first-order valence-corrected chi connectivity index (χ1v) is 11.1. The number of rotatable bonds is 6. The number of carbonyl (C=O) groups is 1. The summed E-state index contributed by atoms with van der Waals surface area (Å²) in [4.78, 5) is 21.5. The highest BCUT2D eigenvalue weighted by Crippen LogP contribution is 2.29. The average molecular weight is 446 g/mol. The molecule has 0 saturated carbocycles. The van der Waals surface area contributed by atoms with Crippen LogP contribution < -0.4 is 16.0 Å². The highest BCUT2D eigenvalue weighted by molar-refractivity contribution is 6.33. The van der Waals surface area contributed by atoms with Crippen LogP contribution >= 0.6 is 11.6 Å². The SMILES string of the molecule is O=C(Nc1cc(-c2cccc(NCC3CCOCC3)n2)c(Cl)cn1)C1CNCC(O)C1. The molecule has 2 fully saturated rings. The second-order valence-corrected chi connectivity index (χ2v) is 8.54. The maximum absolute atomic E-state index is 12.6. The third-order valence-corrected chi connectivity index (χ3v) is 6.04. The van der Waals surface area contributed by atoms with Gasteiger partial charge in [0.25, 0.3) is 0 Å². The number of ether oxygens (including phenoxy) is 1. The van der Waals surface area contributed by atoms with E-state index in [1.807, 2.05) is 18.2 Å². The summed E-state index contributed by atoms with van der Waals surface area (Å²) in [6, 6.07) is 7.48. The lowest BCUT2D eigenvalue weighted by atomic mass is 9.97. The lowest BCUT2D eigenvalue weighted by Crippen LogP contribution is -2.44. The highest BCUT2D eigenvalue weighted by atomic mass is 35.5. The van der Waals surface area contributed by atoms with E-state index >= 15 is 0 Å². The van der Waals surface area contributed by atoms with E-state index < -0.39 is 6.10 Å². The first-order valence-electron chi connectivity index (χ1n) is 10.7. The Balaban J connectivity index is 1.44. The number of anilines is 2. The molecule has 8 nitrogen and oxygen atoms in total. The fourth-order valence-electron chi connectivity index (χ4n) is 3.93. The molecular weight excluding hydrogens is 418 g/mol. The molecule has 0 spiro atoms. The molecule has 0 aliphatic carbocycles. The quantitative estimate of drug-likeness (QED) is 0.541. The summed E-state index contributed by atoms with van der Waals surface area (Å²) in [5.41, 5.74) is 1.40. The number of amides is 1. The zero-order valence-corrected chi connectivity index (χ0v) is 18.1. The number of nitrogens with zero attached hydrogens (tertiary/aromatic N) is 2. The fourth-order valence-corrected chi connectivity index (χ4v) is 4.13. The second-order valence-electron chi connectivity index (χ2n) is 8.13. The maximum atomic E-state index is 12.6. The van der Waals surface area contributed by atoms with Crippen LogP contribution in [-0.2, 0) is 9.53 Å². The van der Waals surface area contributed by atoms with Crippen LogP contribution in [0.1, 0.15) is 19.3 Å². The smallest absolute Gasteiger partial charge is 0.230 e. The minimum atomic E-state index is -0.515. The number of piperidine rings is 1. The fraction of sp³-hybridized carbons (Fsp3) is 0.500. The Morgan fingerprint density at radius 3 is 2.90 bits per heavy atom. The van der Waals surface area contributed by atoms with E-state index in [0.29, 0.717) is 47.5 Å². The van der Waals surface area contributed by atoms with Gasteiger partial charge in [-0.1, -0.05) is 17.7 Å². The number of hydrogen-bond acceptors (Lipinski definition) is 7. The Hall–Kier alpha value is -2.26. The number of β-amino-alcohol motifs (C(OH)–C–C–N with tert-alkyl or cyclic N) is 1. The Bertz CT molecular complexity index is 906. The molecule has 1 amide bonds. The van der Waals surface area contributed by atoms with Gasteiger partial charge in [0.2, 0.25) is 5.91 Å². The van der Waals surface area contributed by atoms with Gasteiger partial charge in [0, 0.05) is 44.6 Å². The molecule has 9 heteroatoms. The van der Waals surface area contributed by atoms with Crippen LogP contribution in [0.25, 0.3) is 11.3 Å². The van der Waals surface area contributed by atoms with Crippen LogP contribution in [0.3, 0.4) is 0 Å². The molecule has 2 saturated heterocycles. The predicted molar refractivity (Wildman–Crippen MR) is 120 cm³/mol. The standard InChI is InChI=1S/C22H28ClN5O3/c23-18-13-26-21(28-22(30)15-8-16(29)12-24-11-15)9-17(18)19-2-1-3-20(27-19)25-10-14-4-6-31-7-5-14/h1-3,9,13-16,24,29H,4-8,10-12H2,(H,25,27)(H,26,28,30). The van der Waals surface area contributed by atoms with Gasteiger partial charge in [-0.05, 0) is 43.4 Å². The van der Waals surface area contributed by atoms with E-state index in [4.69, 9.17) is 21.3 Å². The van der Waals surface area contributed by atoms with E-state index in [1.54, 1.807) is 6.07 Å². The van der Waals surface area contributed by atoms with Crippen molar-refractivity contribution in [3.63, 3.8) is 0 Å². The van der Waals surface area contributed by atoms with Gasteiger partial charge in [-0.15, -0.1) is 0 Å². The number of aliphatic hydroxyl groups excluding tert-OH is 1. The van der Waals surface area contributed by atoms with Gasteiger partial charge < -0.3 is 25.8 Å².